The average molecular weight is 216 g/mol. The van der Waals surface area contributed by atoms with E-state index in [0.29, 0.717) is 6.54 Å². The molecule has 0 bridgehead atoms. The second kappa shape index (κ2) is 3.71. The number of nitrogens with one attached hydrogen (secondary N) is 1. The molecule has 0 amide bonds. The number of hydrogen-bond donors (Lipinski definition) is 1. The quantitative estimate of drug-likeness (QED) is 0.725. The third kappa shape index (κ3) is 1.96. The highest BCUT2D eigenvalue weighted by Crippen LogP contribution is 2.33. The minimum Gasteiger partial charge on any atom is -0.472 e. The molecule has 84 valence electrons. The number of nitriles is 1. The maximum absolute atomic E-state index is 8.79. The van der Waals surface area contributed by atoms with E-state index < -0.39 is 0 Å². The van der Waals surface area contributed by atoms with E-state index in [1.807, 2.05) is 6.07 Å². The van der Waals surface area contributed by atoms with Gasteiger partial charge in [0.2, 0.25) is 6.10 Å². The minimum atomic E-state index is -0.381. The molecular formula is C13H16N2O. The smallest absolute Gasteiger partial charge is 0.201 e. The Kier molecular flexibility index (Phi) is 2.51. The van der Waals surface area contributed by atoms with E-state index in [9.17, 15) is 0 Å². The monoisotopic (exact) mass is 216 g/mol. The molecule has 3 heteroatoms. The largest absolute Gasteiger partial charge is 0.472 e. The van der Waals surface area contributed by atoms with Gasteiger partial charge in [-0.05, 0) is 23.1 Å². The number of rotatable bonds is 0. The number of nitrogens with zero attached hydrogens (tertiary/aromatic N) is 1. The first-order chi connectivity index (χ1) is 7.50. The summed E-state index contributed by atoms with van der Waals surface area (Å²) in [5.74, 6) is 0.769. The highest BCUT2D eigenvalue weighted by molar-refractivity contribution is 5.60. The van der Waals surface area contributed by atoms with Crippen LogP contribution >= 0.6 is 0 Å². The summed E-state index contributed by atoms with van der Waals surface area (Å²) in [7, 11) is 0. The predicted molar refractivity (Wildman–Crippen MR) is 63.7 cm³/mol. The van der Waals surface area contributed by atoms with Gasteiger partial charge in [-0.15, -0.1) is 0 Å². The molecule has 0 fully saturated rings. The number of benzene rings is 1. The lowest BCUT2D eigenvalue weighted by Crippen LogP contribution is -2.29. The van der Waals surface area contributed by atoms with Crippen LogP contribution in [0.5, 0.6) is 5.75 Å². The molecule has 0 radical (unpaired) electrons. The Morgan fingerprint density at radius 3 is 2.81 bits per heavy atom. The topological polar surface area (TPSA) is 45.0 Å². The second-order valence-electron chi connectivity index (χ2n) is 5.08. The number of fused-ring (bicyclic) bond motifs is 1. The van der Waals surface area contributed by atoms with Gasteiger partial charge < -0.3 is 10.1 Å². The Morgan fingerprint density at radius 1 is 1.44 bits per heavy atom. The van der Waals surface area contributed by atoms with Crippen LogP contribution in [0, 0.1) is 11.3 Å². The van der Waals surface area contributed by atoms with Crippen LogP contribution in [-0.2, 0) is 5.41 Å². The van der Waals surface area contributed by atoms with Gasteiger partial charge in [0, 0.05) is 0 Å². The maximum atomic E-state index is 8.79. The molecule has 1 aromatic rings. The van der Waals surface area contributed by atoms with Crippen molar-refractivity contribution in [3.63, 3.8) is 0 Å². The van der Waals surface area contributed by atoms with Gasteiger partial charge in [0.15, 0.2) is 0 Å². The van der Waals surface area contributed by atoms with Gasteiger partial charge in [0.1, 0.15) is 11.8 Å². The molecule has 0 aliphatic carbocycles. The van der Waals surface area contributed by atoms with Crippen LogP contribution in [-0.4, -0.2) is 12.6 Å². The third-order valence-corrected chi connectivity index (χ3v) is 2.74. The Hall–Kier alpha value is -1.69. The van der Waals surface area contributed by atoms with E-state index >= 15 is 0 Å². The van der Waals surface area contributed by atoms with E-state index in [1.54, 1.807) is 0 Å². The molecule has 1 N–H and O–H groups in total. The summed E-state index contributed by atoms with van der Waals surface area (Å²) in [5, 5.41) is 12.0. The standard InChI is InChI=1S/C13H16N2O/c1-13(2,3)9-4-5-12-11(6-9)15-8-10(7-14)16-12/h4-6,10,15H,8H2,1-3H3. The van der Waals surface area contributed by atoms with Crippen molar-refractivity contribution in [2.75, 3.05) is 11.9 Å². The van der Waals surface area contributed by atoms with Gasteiger partial charge in [0.25, 0.3) is 0 Å². The highest BCUT2D eigenvalue weighted by atomic mass is 16.5. The van der Waals surface area contributed by atoms with Gasteiger partial charge in [0.05, 0.1) is 12.2 Å². The summed E-state index contributed by atoms with van der Waals surface area (Å²) in [6, 6.07) is 8.20. The molecule has 0 aromatic heterocycles. The molecule has 1 aromatic carbocycles. The van der Waals surface area contributed by atoms with Crippen molar-refractivity contribution in [2.45, 2.75) is 32.3 Å². The molecule has 0 saturated carbocycles. The van der Waals surface area contributed by atoms with E-state index in [-0.39, 0.29) is 11.5 Å². The average Bonchev–Trinajstić information content (AvgIpc) is 2.26. The normalized spacial score (nSPS) is 19.0. The molecule has 3 nitrogen and oxygen atoms in total. The fourth-order valence-electron chi connectivity index (χ4n) is 1.71. The lowest BCUT2D eigenvalue weighted by atomic mass is 9.86. The van der Waals surface area contributed by atoms with E-state index in [2.05, 4.69) is 44.3 Å². The highest BCUT2D eigenvalue weighted by Gasteiger charge is 2.21. The zero-order valence-corrected chi connectivity index (χ0v) is 9.87. The zero-order chi connectivity index (χ0) is 11.8. The van der Waals surface area contributed by atoms with Crippen LogP contribution in [0.15, 0.2) is 18.2 Å². The van der Waals surface area contributed by atoms with Crippen LogP contribution < -0.4 is 10.1 Å². The van der Waals surface area contributed by atoms with Crippen molar-refractivity contribution in [3.8, 4) is 11.8 Å². The summed E-state index contributed by atoms with van der Waals surface area (Å²) < 4.78 is 5.53. The Bertz CT molecular complexity index is 440. The van der Waals surface area contributed by atoms with Crippen LogP contribution in [0.1, 0.15) is 26.3 Å². The van der Waals surface area contributed by atoms with Crippen molar-refractivity contribution in [2.24, 2.45) is 0 Å². The van der Waals surface area contributed by atoms with Crippen molar-refractivity contribution >= 4 is 5.69 Å². The number of ether oxygens (including phenoxy) is 1. The van der Waals surface area contributed by atoms with Crippen molar-refractivity contribution in [3.05, 3.63) is 23.8 Å². The first-order valence-corrected chi connectivity index (χ1v) is 5.45. The van der Waals surface area contributed by atoms with E-state index in [4.69, 9.17) is 10.00 Å². The maximum Gasteiger partial charge on any atom is 0.201 e. The van der Waals surface area contributed by atoms with Gasteiger partial charge in [-0.25, -0.2) is 0 Å². The summed E-state index contributed by atoms with van der Waals surface area (Å²) in [6.07, 6.45) is -0.381. The number of anilines is 1. The fourth-order valence-corrected chi connectivity index (χ4v) is 1.71. The Balaban J connectivity index is 2.33. The number of hydrogen-bond acceptors (Lipinski definition) is 3. The molecule has 0 saturated heterocycles. The summed E-state index contributed by atoms with van der Waals surface area (Å²) in [5.41, 5.74) is 2.37. The van der Waals surface area contributed by atoms with Crippen molar-refractivity contribution < 1.29 is 4.74 Å². The van der Waals surface area contributed by atoms with E-state index in [1.165, 1.54) is 5.56 Å². The zero-order valence-electron chi connectivity index (χ0n) is 9.87. The third-order valence-electron chi connectivity index (χ3n) is 2.74. The first kappa shape index (κ1) is 10.8. The van der Waals surface area contributed by atoms with Crippen LogP contribution in [0.4, 0.5) is 5.69 Å². The van der Waals surface area contributed by atoms with E-state index in [0.717, 1.165) is 11.4 Å². The predicted octanol–water partition coefficient (Wildman–Crippen LogP) is 2.68. The molecule has 1 unspecified atom stereocenters. The Morgan fingerprint density at radius 2 is 2.19 bits per heavy atom. The molecule has 1 aliphatic rings. The molecule has 16 heavy (non-hydrogen) atoms. The Labute approximate surface area is 96.0 Å². The van der Waals surface area contributed by atoms with Crippen LogP contribution in [0.25, 0.3) is 0 Å². The van der Waals surface area contributed by atoms with Crippen molar-refractivity contribution in [1.82, 2.24) is 0 Å². The summed E-state index contributed by atoms with van der Waals surface area (Å²) in [4.78, 5) is 0. The molecule has 0 spiro atoms. The first-order valence-electron chi connectivity index (χ1n) is 5.45. The van der Waals surface area contributed by atoms with Gasteiger partial charge in [-0.2, -0.15) is 5.26 Å². The van der Waals surface area contributed by atoms with Gasteiger partial charge in [-0.3, -0.25) is 0 Å². The van der Waals surface area contributed by atoms with Crippen LogP contribution in [0.3, 0.4) is 0 Å². The fraction of sp³-hybridized carbons (Fsp3) is 0.462. The van der Waals surface area contributed by atoms with Gasteiger partial charge in [-0.1, -0.05) is 26.8 Å². The summed E-state index contributed by atoms with van der Waals surface area (Å²) >= 11 is 0. The minimum absolute atomic E-state index is 0.128. The lowest BCUT2D eigenvalue weighted by molar-refractivity contribution is 0.259. The lowest BCUT2D eigenvalue weighted by Gasteiger charge is -2.26. The van der Waals surface area contributed by atoms with Crippen LogP contribution in [0.2, 0.25) is 0 Å². The summed E-state index contributed by atoms with van der Waals surface area (Å²) in [6.45, 7) is 7.08. The molecular weight excluding hydrogens is 200 g/mol. The molecule has 2 rings (SSSR count). The second-order valence-corrected chi connectivity index (χ2v) is 5.08. The molecule has 1 atom stereocenters. The van der Waals surface area contributed by atoms with Crippen molar-refractivity contribution in [1.29, 1.82) is 5.26 Å². The molecule has 1 aliphatic heterocycles. The SMILES string of the molecule is CC(C)(C)c1ccc2c(c1)NCC(C#N)O2. The van der Waals surface area contributed by atoms with Gasteiger partial charge >= 0.3 is 0 Å². The molecule has 1 heterocycles.